The van der Waals surface area contributed by atoms with Crippen LogP contribution in [-0.4, -0.2) is 46.9 Å². The summed E-state index contributed by atoms with van der Waals surface area (Å²) in [5.41, 5.74) is 6.54. The highest BCUT2D eigenvalue weighted by Crippen LogP contribution is 2.42. The largest absolute Gasteiger partial charge is 0.393 e. The summed E-state index contributed by atoms with van der Waals surface area (Å²) in [5.74, 6) is 0.427. The Labute approximate surface area is 136 Å². The van der Waals surface area contributed by atoms with E-state index in [1.165, 1.54) is 75.4 Å². The molecule has 2 aliphatic carbocycles. The quantitative estimate of drug-likeness (QED) is 0.783. The minimum Gasteiger partial charge on any atom is -0.393 e. The molecule has 0 spiro atoms. The first-order valence-electron chi connectivity index (χ1n) is 9.96. The average Bonchev–Trinajstić information content (AvgIpc) is 3.09. The maximum atomic E-state index is 10.5. The van der Waals surface area contributed by atoms with Crippen molar-refractivity contribution in [2.24, 2.45) is 11.7 Å². The third-order valence-corrected chi connectivity index (χ3v) is 7.07. The number of hydrogen-bond donors (Lipinski definition) is 2. The first-order valence-corrected chi connectivity index (χ1v) is 9.96. The van der Waals surface area contributed by atoms with Gasteiger partial charge in [0.1, 0.15) is 0 Å². The van der Waals surface area contributed by atoms with Gasteiger partial charge < -0.3 is 15.3 Å². The van der Waals surface area contributed by atoms with Crippen LogP contribution in [0.2, 0.25) is 0 Å². The fourth-order valence-electron chi connectivity index (χ4n) is 6.01. The van der Waals surface area contributed by atoms with Gasteiger partial charge in [0.2, 0.25) is 0 Å². The number of piperidine rings is 1. The summed E-state index contributed by atoms with van der Waals surface area (Å²) >= 11 is 0. The zero-order valence-electron chi connectivity index (χ0n) is 14.6. The summed E-state index contributed by atoms with van der Waals surface area (Å²) in [6.45, 7) is 4.51. The van der Waals surface area contributed by atoms with Crippen LogP contribution in [0.3, 0.4) is 0 Å². The lowest BCUT2D eigenvalue weighted by Gasteiger charge is -2.56. The number of aliphatic hydroxyl groups excluding tert-OH is 1. The highest BCUT2D eigenvalue weighted by molar-refractivity contribution is 4.85. The van der Waals surface area contributed by atoms with Crippen molar-refractivity contribution in [3.63, 3.8) is 0 Å². The lowest BCUT2D eigenvalue weighted by atomic mass is 9.81. The topological polar surface area (TPSA) is 46.2 Å². The Balaban J connectivity index is 1.85. The molecule has 3 nitrogen and oxygen atoms in total. The first-order chi connectivity index (χ1) is 10.7. The SMILES string of the molecule is CCC(O)C1CC(N)C[N+](C2CCCCC2)(C2CCCC2)C1. The summed E-state index contributed by atoms with van der Waals surface area (Å²) in [5, 5.41) is 10.5. The summed E-state index contributed by atoms with van der Waals surface area (Å²) in [7, 11) is 0. The highest BCUT2D eigenvalue weighted by atomic mass is 16.3. The minimum atomic E-state index is -0.145. The van der Waals surface area contributed by atoms with Gasteiger partial charge in [0.15, 0.2) is 0 Å². The highest BCUT2D eigenvalue weighted by Gasteiger charge is 2.50. The van der Waals surface area contributed by atoms with Gasteiger partial charge in [-0.1, -0.05) is 13.3 Å². The van der Waals surface area contributed by atoms with E-state index in [1.54, 1.807) is 0 Å². The van der Waals surface area contributed by atoms with Crippen molar-refractivity contribution in [2.75, 3.05) is 13.1 Å². The molecule has 0 aromatic heterocycles. The number of likely N-dealkylation sites (tertiary alicyclic amines) is 1. The number of aliphatic hydroxyl groups is 1. The van der Waals surface area contributed by atoms with E-state index in [2.05, 4.69) is 6.92 Å². The van der Waals surface area contributed by atoms with Crippen LogP contribution < -0.4 is 5.73 Å². The van der Waals surface area contributed by atoms with Crippen molar-refractivity contribution < 1.29 is 9.59 Å². The van der Waals surface area contributed by atoms with Crippen molar-refractivity contribution in [3.8, 4) is 0 Å². The van der Waals surface area contributed by atoms with Crippen LogP contribution >= 0.6 is 0 Å². The molecule has 3 aliphatic rings. The second-order valence-electron chi connectivity index (χ2n) is 8.43. The van der Waals surface area contributed by atoms with Crippen LogP contribution in [0.5, 0.6) is 0 Å². The molecule has 1 heterocycles. The van der Waals surface area contributed by atoms with Gasteiger partial charge in [0, 0.05) is 5.92 Å². The van der Waals surface area contributed by atoms with Gasteiger partial charge >= 0.3 is 0 Å². The Hall–Kier alpha value is -0.120. The molecular weight excluding hydrogens is 272 g/mol. The number of nitrogens with zero attached hydrogens (tertiary/aromatic N) is 1. The summed E-state index contributed by atoms with van der Waals surface area (Å²) in [6, 6.07) is 1.96. The van der Waals surface area contributed by atoms with E-state index in [1.807, 2.05) is 0 Å². The normalized spacial score (nSPS) is 40.0. The standard InChI is InChI=1S/C19H37N2O/c1-2-19(22)15-12-16(20)14-21(13-15,18-10-6-7-11-18)17-8-4-3-5-9-17/h15-19,22H,2-14,20H2,1H3/q+1. The Bertz CT molecular complexity index is 349. The summed E-state index contributed by atoms with van der Waals surface area (Å²) in [4.78, 5) is 0. The van der Waals surface area contributed by atoms with Crippen LogP contribution in [0.1, 0.15) is 77.6 Å². The van der Waals surface area contributed by atoms with E-state index >= 15 is 0 Å². The zero-order chi connectivity index (χ0) is 15.6. The Morgan fingerprint density at radius 3 is 2.05 bits per heavy atom. The predicted molar refractivity (Wildman–Crippen MR) is 91.5 cm³/mol. The molecule has 4 atom stereocenters. The lowest BCUT2D eigenvalue weighted by Crippen LogP contribution is -2.69. The molecule has 1 saturated heterocycles. The van der Waals surface area contributed by atoms with Crippen LogP contribution in [0, 0.1) is 5.92 Å². The summed E-state index contributed by atoms with van der Waals surface area (Å²) < 4.78 is 1.28. The molecule has 22 heavy (non-hydrogen) atoms. The van der Waals surface area contributed by atoms with Gasteiger partial charge in [-0.2, -0.15) is 0 Å². The van der Waals surface area contributed by atoms with E-state index in [-0.39, 0.29) is 6.10 Å². The molecule has 3 heteroatoms. The molecule has 0 radical (unpaired) electrons. The molecule has 0 aromatic carbocycles. The van der Waals surface area contributed by atoms with E-state index in [0.29, 0.717) is 12.0 Å². The van der Waals surface area contributed by atoms with E-state index < -0.39 is 0 Å². The van der Waals surface area contributed by atoms with Gasteiger partial charge in [-0.3, -0.25) is 0 Å². The molecule has 3 N–H and O–H groups in total. The number of quaternary nitrogens is 1. The van der Waals surface area contributed by atoms with Crippen LogP contribution in [-0.2, 0) is 0 Å². The third kappa shape index (κ3) is 3.22. The monoisotopic (exact) mass is 309 g/mol. The molecular formula is C19H37N2O+. The Morgan fingerprint density at radius 1 is 0.955 bits per heavy atom. The Kier molecular flexibility index (Phi) is 5.47. The number of rotatable bonds is 4. The predicted octanol–water partition coefficient (Wildman–Crippen LogP) is 3.20. The van der Waals surface area contributed by atoms with Gasteiger partial charge in [-0.25, -0.2) is 0 Å². The van der Waals surface area contributed by atoms with Crippen molar-refractivity contribution in [3.05, 3.63) is 0 Å². The second-order valence-corrected chi connectivity index (χ2v) is 8.43. The molecule has 0 bridgehead atoms. The van der Waals surface area contributed by atoms with Crippen LogP contribution in [0.15, 0.2) is 0 Å². The average molecular weight is 310 g/mol. The maximum Gasteiger partial charge on any atom is 0.0944 e. The summed E-state index contributed by atoms with van der Waals surface area (Å²) in [6.07, 6.45) is 14.4. The molecule has 3 rings (SSSR count). The zero-order valence-corrected chi connectivity index (χ0v) is 14.6. The van der Waals surface area contributed by atoms with Crippen LogP contribution in [0.4, 0.5) is 0 Å². The van der Waals surface area contributed by atoms with E-state index in [0.717, 1.165) is 24.9 Å². The van der Waals surface area contributed by atoms with E-state index in [4.69, 9.17) is 5.73 Å². The fraction of sp³-hybridized carbons (Fsp3) is 1.00. The van der Waals surface area contributed by atoms with Gasteiger partial charge in [-0.05, 0) is 64.2 Å². The second kappa shape index (κ2) is 7.19. The smallest absolute Gasteiger partial charge is 0.0944 e. The van der Waals surface area contributed by atoms with Crippen molar-refractivity contribution in [1.82, 2.24) is 0 Å². The molecule has 3 fully saturated rings. The van der Waals surface area contributed by atoms with E-state index in [9.17, 15) is 5.11 Å². The maximum absolute atomic E-state index is 10.5. The molecule has 1 aliphatic heterocycles. The number of hydrogen-bond acceptors (Lipinski definition) is 2. The molecule has 0 aromatic rings. The lowest BCUT2D eigenvalue weighted by molar-refractivity contribution is -0.982. The molecule has 2 saturated carbocycles. The van der Waals surface area contributed by atoms with Gasteiger partial charge in [0.25, 0.3) is 0 Å². The first kappa shape index (κ1) is 16.7. The van der Waals surface area contributed by atoms with Crippen LogP contribution in [0.25, 0.3) is 0 Å². The number of nitrogens with two attached hydrogens (primary N) is 1. The third-order valence-electron chi connectivity index (χ3n) is 7.07. The fourth-order valence-corrected chi connectivity index (χ4v) is 6.01. The molecule has 0 amide bonds. The van der Waals surface area contributed by atoms with Crippen molar-refractivity contribution in [2.45, 2.75) is 102 Å². The van der Waals surface area contributed by atoms with Crippen molar-refractivity contribution in [1.29, 1.82) is 0 Å². The molecule has 4 unspecified atom stereocenters. The van der Waals surface area contributed by atoms with Gasteiger partial charge in [-0.15, -0.1) is 0 Å². The van der Waals surface area contributed by atoms with Crippen molar-refractivity contribution >= 4 is 0 Å². The molecule has 128 valence electrons. The minimum absolute atomic E-state index is 0.145. The Morgan fingerprint density at radius 2 is 1.50 bits per heavy atom. The van der Waals surface area contributed by atoms with Gasteiger partial charge in [0.05, 0.1) is 37.3 Å².